The summed E-state index contributed by atoms with van der Waals surface area (Å²) in [4.78, 5) is 2.36. The van der Waals surface area contributed by atoms with Gasteiger partial charge in [0, 0.05) is 19.7 Å². The van der Waals surface area contributed by atoms with Crippen LogP contribution in [-0.4, -0.2) is 36.7 Å². The maximum absolute atomic E-state index is 8.65. The van der Waals surface area contributed by atoms with E-state index in [1.165, 1.54) is 6.42 Å². The first-order chi connectivity index (χ1) is 6.61. The van der Waals surface area contributed by atoms with E-state index in [2.05, 4.69) is 24.8 Å². The van der Waals surface area contributed by atoms with Gasteiger partial charge >= 0.3 is 0 Å². The van der Waals surface area contributed by atoms with E-state index in [1.54, 1.807) is 7.11 Å². The van der Waals surface area contributed by atoms with Crippen molar-refractivity contribution >= 4 is 0 Å². The number of likely N-dealkylation sites (tertiary alicyclic amines) is 1. The van der Waals surface area contributed by atoms with Crippen molar-refractivity contribution in [1.82, 2.24) is 4.90 Å². The standard InChI is InChI=1S/C11H20N2O/c1-10(5-7-12)13-8-4-6-11(2,9-13)14-3/h10H,4-6,8-9H2,1-3H3. The van der Waals surface area contributed by atoms with E-state index in [9.17, 15) is 0 Å². The number of methoxy groups -OCH3 is 1. The maximum Gasteiger partial charge on any atom is 0.0777 e. The Morgan fingerprint density at radius 3 is 2.93 bits per heavy atom. The zero-order chi connectivity index (χ0) is 10.6. The lowest BCUT2D eigenvalue weighted by Crippen LogP contribution is -2.50. The Balaban J connectivity index is 2.52. The minimum atomic E-state index is -0.0119. The molecule has 3 heteroatoms. The molecule has 0 aliphatic carbocycles. The topological polar surface area (TPSA) is 36.3 Å². The second-order valence-corrected chi connectivity index (χ2v) is 4.44. The fraction of sp³-hybridized carbons (Fsp3) is 0.909. The van der Waals surface area contributed by atoms with Gasteiger partial charge in [0.2, 0.25) is 0 Å². The van der Waals surface area contributed by atoms with Crippen molar-refractivity contribution in [2.45, 2.75) is 44.8 Å². The van der Waals surface area contributed by atoms with Gasteiger partial charge in [0.05, 0.1) is 18.1 Å². The zero-order valence-electron chi connectivity index (χ0n) is 9.42. The molecule has 1 aliphatic heterocycles. The van der Waals surface area contributed by atoms with Gasteiger partial charge in [0.25, 0.3) is 0 Å². The van der Waals surface area contributed by atoms with Gasteiger partial charge in [-0.3, -0.25) is 4.90 Å². The third-order valence-electron chi connectivity index (χ3n) is 3.19. The van der Waals surface area contributed by atoms with Crippen molar-refractivity contribution in [2.24, 2.45) is 0 Å². The normalized spacial score (nSPS) is 31.0. The monoisotopic (exact) mass is 196 g/mol. The van der Waals surface area contributed by atoms with Crippen LogP contribution in [0.5, 0.6) is 0 Å². The molecule has 0 N–H and O–H groups in total. The molecule has 0 radical (unpaired) electrons. The van der Waals surface area contributed by atoms with Crippen LogP contribution >= 0.6 is 0 Å². The van der Waals surface area contributed by atoms with Gasteiger partial charge in [-0.25, -0.2) is 0 Å². The summed E-state index contributed by atoms with van der Waals surface area (Å²) < 4.78 is 5.51. The SMILES string of the molecule is COC1(C)CCCN(C(C)CC#N)C1. The highest BCUT2D eigenvalue weighted by molar-refractivity contribution is 4.89. The van der Waals surface area contributed by atoms with Gasteiger partial charge < -0.3 is 4.74 Å². The smallest absolute Gasteiger partial charge is 0.0777 e. The van der Waals surface area contributed by atoms with Crippen molar-refractivity contribution in [3.8, 4) is 6.07 Å². The molecule has 0 aromatic rings. The number of hydrogen-bond donors (Lipinski definition) is 0. The number of nitrogens with zero attached hydrogens (tertiary/aromatic N) is 2. The molecule has 1 saturated heterocycles. The molecular formula is C11H20N2O. The lowest BCUT2D eigenvalue weighted by atomic mass is 9.93. The van der Waals surface area contributed by atoms with Crippen LogP contribution in [0.4, 0.5) is 0 Å². The Bertz CT molecular complexity index is 224. The predicted octanol–water partition coefficient (Wildman–Crippen LogP) is 1.79. The summed E-state index contributed by atoms with van der Waals surface area (Å²) in [6, 6.07) is 2.58. The number of piperidine rings is 1. The molecule has 1 aliphatic rings. The van der Waals surface area contributed by atoms with E-state index in [-0.39, 0.29) is 5.60 Å². The highest BCUT2D eigenvalue weighted by atomic mass is 16.5. The van der Waals surface area contributed by atoms with Crippen LogP contribution in [0, 0.1) is 11.3 Å². The molecule has 0 spiro atoms. The molecule has 0 saturated carbocycles. The van der Waals surface area contributed by atoms with Crippen molar-refractivity contribution in [1.29, 1.82) is 5.26 Å². The largest absolute Gasteiger partial charge is 0.377 e. The van der Waals surface area contributed by atoms with Crippen LogP contribution in [-0.2, 0) is 4.74 Å². The Labute approximate surface area is 86.6 Å². The minimum Gasteiger partial charge on any atom is -0.377 e. The van der Waals surface area contributed by atoms with Crippen molar-refractivity contribution in [2.75, 3.05) is 20.2 Å². The van der Waals surface area contributed by atoms with Crippen LogP contribution in [0.3, 0.4) is 0 Å². The molecule has 0 aromatic carbocycles. The average molecular weight is 196 g/mol. The third kappa shape index (κ3) is 2.70. The van der Waals surface area contributed by atoms with Crippen molar-refractivity contribution in [3.63, 3.8) is 0 Å². The fourth-order valence-corrected chi connectivity index (χ4v) is 2.05. The highest BCUT2D eigenvalue weighted by Crippen LogP contribution is 2.25. The predicted molar refractivity (Wildman–Crippen MR) is 55.9 cm³/mol. The van der Waals surface area contributed by atoms with Gasteiger partial charge in [-0.05, 0) is 33.2 Å². The number of rotatable bonds is 3. The Morgan fingerprint density at radius 1 is 1.64 bits per heavy atom. The van der Waals surface area contributed by atoms with Crippen LogP contribution < -0.4 is 0 Å². The van der Waals surface area contributed by atoms with E-state index >= 15 is 0 Å². The van der Waals surface area contributed by atoms with E-state index in [4.69, 9.17) is 10.00 Å². The van der Waals surface area contributed by atoms with Gasteiger partial charge in [0.15, 0.2) is 0 Å². The number of nitriles is 1. The quantitative estimate of drug-likeness (QED) is 0.690. The summed E-state index contributed by atoms with van der Waals surface area (Å²) in [5.41, 5.74) is -0.0119. The molecule has 2 atom stereocenters. The Morgan fingerprint density at radius 2 is 2.36 bits per heavy atom. The molecule has 0 bridgehead atoms. The van der Waals surface area contributed by atoms with Crippen LogP contribution in [0.15, 0.2) is 0 Å². The fourth-order valence-electron chi connectivity index (χ4n) is 2.05. The molecule has 0 amide bonds. The molecule has 1 heterocycles. The van der Waals surface area contributed by atoms with E-state index in [0.29, 0.717) is 12.5 Å². The summed E-state index contributed by atoms with van der Waals surface area (Å²) in [5, 5.41) is 8.65. The average Bonchev–Trinajstić information content (AvgIpc) is 2.18. The first-order valence-electron chi connectivity index (χ1n) is 5.27. The van der Waals surface area contributed by atoms with Crippen LogP contribution in [0.25, 0.3) is 0 Å². The van der Waals surface area contributed by atoms with Gasteiger partial charge in [0.1, 0.15) is 0 Å². The molecule has 2 unspecified atom stereocenters. The molecule has 1 rings (SSSR count). The lowest BCUT2D eigenvalue weighted by molar-refractivity contribution is -0.0590. The first-order valence-corrected chi connectivity index (χ1v) is 5.27. The number of ether oxygens (including phenoxy) is 1. The zero-order valence-corrected chi connectivity index (χ0v) is 9.42. The Hall–Kier alpha value is -0.590. The highest BCUT2D eigenvalue weighted by Gasteiger charge is 2.32. The van der Waals surface area contributed by atoms with E-state index < -0.39 is 0 Å². The van der Waals surface area contributed by atoms with Crippen molar-refractivity contribution < 1.29 is 4.74 Å². The van der Waals surface area contributed by atoms with Gasteiger partial charge in [-0.15, -0.1) is 0 Å². The second kappa shape index (κ2) is 4.77. The third-order valence-corrected chi connectivity index (χ3v) is 3.19. The van der Waals surface area contributed by atoms with Crippen LogP contribution in [0.1, 0.15) is 33.1 Å². The summed E-state index contributed by atoms with van der Waals surface area (Å²) in [6.45, 7) is 6.32. The minimum absolute atomic E-state index is 0.0119. The summed E-state index contributed by atoms with van der Waals surface area (Å²) in [7, 11) is 1.78. The van der Waals surface area contributed by atoms with Gasteiger partial charge in [-0.1, -0.05) is 0 Å². The maximum atomic E-state index is 8.65. The Kier molecular flexibility index (Phi) is 3.91. The van der Waals surface area contributed by atoms with E-state index in [0.717, 1.165) is 19.5 Å². The summed E-state index contributed by atoms with van der Waals surface area (Å²) in [5.74, 6) is 0. The number of hydrogen-bond acceptors (Lipinski definition) is 3. The molecule has 3 nitrogen and oxygen atoms in total. The molecule has 80 valence electrons. The molecular weight excluding hydrogens is 176 g/mol. The van der Waals surface area contributed by atoms with Crippen LogP contribution in [0.2, 0.25) is 0 Å². The molecule has 0 aromatic heterocycles. The first kappa shape index (κ1) is 11.5. The summed E-state index contributed by atoms with van der Waals surface area (Å²) >= 11 is 0. The molecule has 14 heavy (non-hydrogen) atoms. The van der Waals surface area contributed by atoms with Crippen molar-refractivity contribution in [3.05, 3.63) is 0 Å². The van der Waals surface area contributed by atoms with Gasteiger partial charge in [-0.2, -0.15) is 5.26 Å². The lowest BCUT2D eigenvalue weighted by Gasteiger charge is -2.41. The van der Waals surface area contributed by atoms with E-state index in [1.807, 2.05) is 0 Å². The molecule has 1 fully saturated rings. The summed E-state index contributed by atoms with van der Waals surface area (Å²) in [6.07, 6.45) is 2.90. The second-order valence-electron chi connectivity index (χ2n) is 4.44.